The van der Waals surface area contributed by atoms with Gasteiger partial charge in [-0.05, 0) is 33.6 Å². The molecule has 7 nitrogen and oxygen atoms in total. The van der Waals surface area contributed by atoms with Crippen molar-refractivity contribution in [2.45, 2.75) is 51.8 Å². The Hall–Kier alpha value is -1.89. The van der Waals surface area contributed by atoms with E-state index in [-0.39, 0.29) is 12.1 Å². The lowest BCUT2D eigenvalue weighted by Gasteiger charge is -2.32. The van der Waals surface area contributed by atoms with Crippen LogP contribution < -0.4 is 10.1 Å². The minimum absolute atomic E-state index is 0.157. The van der Waals surface area contributed by atoms with E-state index in [2.05, 4.69) is 20.2 Å². The van der Waals surface area contributed by atoms with Gasteiger partial charge in [-0.15, -0.1) is 0 Å². The molecule has 1 aliphatic heterocycles. The summed E-state index contributed by atoms with van der Waals surface area (Å²) in [5.41, 5.74) is 0.376. The van der Waals surface area contributed by atoms with Crippen LogP contribution in [0.5, 0.6) is 5.88 Å². The summed E-state index contributed by atoms with van der Waals surface area (Å²) in [5.74, 6) is 0.571. The molecule has 0 atom stereocenters. The Kier molecular flexibility index (Phi) is 5.76. The van der Waals surface area contributed by atoms with Crippen LogP contribution in [0.3, 0.4) is 0 Å². The molecule has 1 N–H and O–H groups in total. The summed E-state index contributed by atoms with van der Waals surface area (Å²) in [4.78, 5) is 22.6. The fourth-order valence-electron chi connectivity index (χ4n) is 2.55. The van der Waals surface area contributed by atoms with Gasteiger partial charge in [0.2, 0.25) is 5.88 Å². The first-order chi connectivity index (χ1) is 10.9. The van der Waals surface area contributed by atoms with Gasteiger partial charge in [0.15, 0.2) is 0 Å². The van der Waals surface area contributed by atoms with Crippen molar-refractivity contribution in [1.29, 1.82) is 0 Å². The summed E-state index contributed by atoms with van der Waals surface area (Å²) in [5, 5.41) is 2.94. The number of likely N-dealkylation sites (tertiary alicyclic amines) is 1. The molecular weight excluding hydrogens is 296 g/mol. The summed E-state index contributed by atoms with van der Waals surface area (Å²) < 4.78 is 10.5. The van der Waals surface area contributed by atoms with Gasteiger partial charge in [-0.25, -0.2) is 9.78 Å². The van der Waals surface area contributed by atoms with Crippen LogP contribution in [-0.4, -0.2) is 52.8 Å². The van der Waals surface area contributed by atoms with Crippen molar-refractivity contribution in [3.05, 3.63) is 18.1 Å². The van der Waals surface area contributed by atoms with E-state index >= 15 is 0 Å². The van der Waals surface area contributed by atoms with Crippen LogP contribution in [0.4, 0.5) is 4.79 Å². The zero-order chi connectivity index (χ0) is 16.9. The van der Waals surface area contributed by atoms with Crippen molar-refractivity contribution in [3.63, 3.8) is 0 Å². The normalized spacial score (nSPS) is 16.9. The minimum Gasteiger partial charge on any atom is -0.480 e. The standard InChI is InChI=1S/C16H26N4O3/c1-16(2,3)23-15(21)19-12-5-9-20(10-6-12)11-13-14(22-4)18-8-7-17-13/h7-8,12H,5-6,9-11H2,1-4H3,(H,19,21). The Labute approximate surface area is 137 Å². The number of hydrogen-bond acceptors (Lipinski definition) is 6. The molecule has 0 spiro atoms. The van der Waals surface area contributed by atoms with E-state index in [1.807, 2.05) is 20.8 Å². The van der Waals surface area contributed by atoms with Crippen LogP contribution in [0.2, 0.25) is 0 Å². The average Bonchev–Trinajstić information content (AvgIpc) is 2.48. The van der Waals surface area contributed by atoms with E-state index in [0.717, 1.165) is 31.6 Å². The van der Waals surface area contributed by atoms with Crippen molar-refractivity contribution in [1.82, 2.24) is 20.2 Å². The number of alkyl carbamates (subject to hydrolysis) is 1. The number of carbonyl (C=O) groups is 1. The number of carbonyl (C=O) groups excluding carboxylic acids is 1. The number of nitrogens with zero attached hydrogens (tertiary/aromatic N) is 3. The smallest absolute Gasteiger partial charge is 0.407 e. The molecule has 0 unspecified atom stereocenters. The third-order valence-corrected chi connectivity index (χ3v) is 3.61. The number of nitrogens with one attached hydrogen (secondary N) is 1. The third kappa shape index (κ3) is 5.67. The lowest BCUT2D eigenvalue weighted by atomic mass is 10.1. The second kappa shape index (κ2) is 7.59. The first-order valence-electron chi connectivity index (χ1n) is 7.93. The molecule has 1 fully saturated rings. The Morgan fingerprint density at radius 2 is 1.96 bits per heavy atom. The average molecular weight is 322 g/mol. The molecular formula is C16H26N4O3. The molecule has 1 amide bonds. The predicted octanol–water partition coefficient (Wildman–Crippen LogP) is 1.97. The summed E-state index contributed by atoms with van der Waals surface area (Å²) >= 11 is 0. The molecule has 23 heavy (non-hydrogen) atoms. The van der Waals surface area contributed by atoms with E-state index in [9.17, 15) is 4.79 Å². The number of aromatic nitrogens is 2. The number of methoxy groups -OCH3 is 1. The van der Waals surface area contributed by atoms with Gasteiger partial charge in [-0.3, -0.25) is 9.88 Å². The first kappa shape index (κ1) is 17.5. The highest BCUT2D eigenvalue weighted by Gasteiger charge is 2.24. The zero-order valence-electron chi connectivity index (χ0n) is 14.3. The molecule has 0 radical (unpaired) electrons. The van der Waals surface area contributed by atoms with E-state index in [1.165, 1.54) is 0 Å². The first-order valence-corrected chi connectivity index (χ1v) is 7.93. The van der Waals surface area contributed by atoms with Gasteiger partial charge in [0.05, 0.1) is 7.11 Å². The van der Waals surface area contributed by atoms with Crippen molar-refractivity contribution < 1.29 is 14.3 Å². The van der Waals surface area contributed by atoms with E-state index in [1.54, 1.807) is 19.5 Å². The second-order valence-corrected chi connectivity index (χ2v) is 6.71. The molecule has 1 aromatic rings. The maximum Gasteiger partial charge on any atom is 0.407 e. The van der Waals surface area contributed by atoms with Crippen LogP contribution in [0.1, 0.15) is 39.3 Å². The molecule has 7 heteroatoms. The van der Waals surface area contributed by atoms with Crippen LogP contribution in [0, 0.1) is 0 Å². The molecule has 0 aliphatic carbocycles. The van der Waals surface area contributed by atoms with Gasteiger partial charge < -0.3 is 14.8 Å². The third-order valence-electron chi connectivity index (χ3n) is 3.61. The van der Waals surface area contributed by atoms with Crippen LogP contribution in [0.25, 0.3) is 0 Å². The van der Waals surface area contributed by atoms with E-state index < -0.39 is 5.60 Å². The second-order valence-electron chi connectivity index (χ2n) is 6.71. The molecule has 0 bridgehead atoms. The van der Waals surface area contributed by atoms with E-state index in [0.29, 0.717) is 12.4 Å². The molecule has 2 rings (SSSR count). The van der Waals surface area contributed by atoms with Crippen LogP contribution >= 0.6 is 0 Å². The van der Waals surface area contributed by atoms with E-state index in [4.69, 9.17) is 9.47 Å². The largest absolute Gasteiger partial charge is 0.480 e. The van der Waals surface area contributed by atoms with Gasteiger partial charge in [0.25, 0.3) is 0 Å². The van der Waals surface area contributed by atoms with Crippen LogP contribution in [0.15, 0.2) is 12.4 Å². The fraction of sp³-hybridized carbons (Fsp3) is 0.688. The quantitative estimate of drug-likeness (QED) is 0.913. The fourth-order valence-corrected chi connectivity index (χ4v) is 2.55. The number of ether oxygens (including phenoxy) is 2. The summed E-state index contributed by atoms with van der Waals surface area (Å²) in [6.07, 6.45) is 4.74. The highest BCUT2D eigenvalue weighted by atomic mass is 16.6. The van der Waals surface area contributed by atoms with Crippen molar-refractivity contribution in [3.8, 4) is 5.88 Å². The lowest BCUT2D eigenvalue weighted by Crippen LogP contribution is -2.45. The van der Waals surface area contributed by atoms with Gasteiger partial charge in [0, 0.05) is 38.1 Å². The molecule has 1 saturated heterocycles. The predicted molar refractivity (Wildman–Crippen MR) is 86.3 cm³/mol. The topological polar surface area (TPSA) is 76.6 Å². The molecule has 0 aromatic carbocycles. The van der Waals surface area contributed by atoms with Crippen LogP contribution in [-0.2, 0) is 11.3 Å². The maximum atomic E-state index is 11.8. The maximum absolute atomic E-state index is 11.8. The summed E-state index contributed by atoms with van der Waals surface area (Å²) in [6.45, 7) is 8.08. The highest BCUT2D eigenvalue weighted by Crippen LogP contribution is 2.18. The van der Waals surface area contributed by atoms with Crippen molar-refractivity contribution in [2.24, 2.45) is 0 Å². The number of amides is 1. The Morgan fingerprint density at radius 1 is 1.30 bits per heavy atom. The minimum atomic E-state index is -0.465. The summed E-state index contributed by atoms with van der Waals surface area (Å²) in [7, 11) is 1.60. The van der Waals surface area contributed by atoms with Crippen molar-refractivity contribution >= 4 is 6.09 Å². The van der Waals surface area contributed by atoms with Gasteiger partial charge in [-0.2, -0.15) is 0 Å². The Morgan fingerprint density at radius 3 is 2.57 bits per heavy atom. The zero-order valence-corrected chi connectivity index (χ0v) is 14.3. The molecule has 2 heterocycles. The monoisotopic (exact) mass is 322 g/mol. The molecule has 128 valence electrons. The van der Waals surface area contributed by atoms with Gasteiger partial charge >= 0.3 is 6.09 Å². The number of rotatable bonds is 4. The number of piperidine rings is 1. The Bertz CT molecular complexity index is 522. The van der Waals surface area contributed by atoms with Crippen molar-refractivity contribution in [2.75, 3.05) is 20.2 Å². The molecule has 1 aromatic heterocycles. The van der Waals surface area contributed by atoms with Gasteiger partial charge in [-0.1, -0.05) is 0 Å². The molecule has 1 aliphatic rings. The highest BCUT2D eigenvalue weighted by molar-refractivity contribution is 5.68. The summed E-state index contributed by atoms with van der Waals surface area (Å²) in [6, 6.07) is 0.157. The Balaban J connectivity index is 1.79. The molecule has 0 saturated carbocycles. The van der Waals surface area contributed by atoms with Gasteiger partial charge in [0.1, 0.15) is 11.3 Å². The lowest BCUT2D eigenvalue weighted by molar-refractivity contribution is 0.0477. The SMILES string of the molecule is COc1nccnc1CN1CCC(NC(=O)OC(C)(C)C)CC1. The number of hydrogen-bond donors (Lipinski definition) is 1.